The van der Waals surface area contributed by atoms with E-state index in [-0.39, 0.29) is 11.3 Å². The molecule has 4 rings (SSSR count). The van der Waals surface area contributed by atoms with Gasteiger partial charge in [-0.2, -0.15) is 0 Å². The zero-order chi connectivity index (χ0) is 23.0. The van der Waals surface area contributed by atoms with Crippen LogP contribution in [-0.2, 0) is 16.8 Å². The average Bonchev–Trinajstić information content (AvgIpc) is 3.03. The summed E-state index contributed by atoms with van der Waals surface area (Å²) in [6, 6.07) is 18.1. The average molecular weight is 620 g/mol. The Labute approximate surface area is 213 Å². The summed E-state index contributed by atoms with van der Waals surface area (Å²) < 4.78 is 8.87. The molecular formula is C26H22Br3NO2. The van der Waals surface area contributed by atoms with Crippen LogP contribution in [0.1, 0.15) is 43.0 Å². The van der Waals surface area contributed by atoms with Crippen LogP contribution in [0, 0.1) is 0 Å². The van der Waals surface area contributed by atoms with Crippen molar-refractivity contribution in [1.29, 1.82) is 0 Å². The Morgan fingerprint density at radius 1 is 0.969 bits per heavy atom. The van der Waals surface area contributed by atoms with E-state index in [2.05, 4.69) is 92.1 Å². The summed E-state index contributed by atoms with van der Waals surface area (Å²) in [7, 11) is 0. The Balaban J connectivity index is 1.76. The van der Waals surface area contributed by atoms with E-state index >= 15 is 0 Å². The van der Waals surface area contributed by atoms with Crippen LogP contribution in [0.3, 0.4) is 0 Å². The van der Waals surface area contributed by atoms with Gasteiger partial charge in [0.1, 0.15) is 12.4 Å². The van der Waals surface area contributed by atoms with Gasteiger partial charge in [0.2, 0.25) is 0 Å². The molecule has 3 aromatic rings. The third-order valence-electron chi connectivity index (χ3n) is 5.24. The lowest BCUT2D eigenvalue weighted by atomic mass is 9.85. The lowest BCUT2D eigenvalue weighted by Crippen LogP contribution is -2.14. The number of anilines is 1. The zero-order valence-electron chi connectivity index (χ0n) is 17.9. The molecular weight excluding hydrogens is 598 g/mol. The van der Waals surface area contributed by atoms with Crippen molar-refractivity contribution in [3.63, 3.8) is 0 Å². The van der Waals surface area contributed by atoms with Gasteiger partial charge in [0.05, 0.1) is 10.2 Å². The third kappa shape index (κ3) is 4.87. The molecule has 0 aliphatic carbocycles. The molecule has 32 heavy (non-hydrogen) atoms. The molecule has 0 radical (unpaired) electrons. The van der Waals surface area contributed by atoms with Crippen LogP contribution in [0.5, 0.6) is 5.75 Å². The molecule has 164 valence electrons. The number of carbonyl (C=O) groups excluding carboxylic acids is 1. The van der Waals surface area contributed by atoms with Crippen molar-refractivity contribution in [3.8, 4) is 5.75 Å². The van der Waals surface area contributed by atoms with Gasteiger partial charge < -0.3 is 10.1 Å². The molecule has 1 amide bonds. The SMILES string of the molecule is CC(C)(C)c1cc(C=C2C(=O)Nc3c(Br)cc(Br)cc32)cc(Br)c1OCc1ccccc1. The second-order valence-corrected chi connectivity index (χ2v) is 11.4. The first-order chi connectivity index (χ1) is 15.1. The van der Waals surface area contributed by atoms with Crippen LogP contribution in [-0.4, -0.2) is 5.91 Å². The highest BCUT2D eigenvalue weighted by Crippen LogP contribution is 2.43. The second-order valence-electron chi connectivity index (χ2n) is 8.73. The molecule has 0 saturated carbocycles. The summed E-state index contributed by atoms with van der Waals surface area (Å²) in [4.78, 5) is 12.7. The van der Waals surface area contributed by atoms with Gasteiger partial charge in [0.15, 0.2) is 0 Å². The van der Waals surface area contributed by atoms with Gasteiger partial charge in [-0.25, -0.2) is 0 Å². The number of halogens is 3. The van der Waals surface area contributed by atoms with E-state index in [4.69, 9.17) is 4.74 Å². The minimum Gasteiger partial charge on any atom is -0.487 e. The fourth-order valence-corrected chi connectivity index (χ4v) is 5.57. The molecule has 0 unspecified atom stereocenters. The molecule has 0 aromatic heterocycles. The molecule has 1 aliphatic rings. The molecule has 0 bridgehead atoms. The van der Waals surface area contributed by atoms with Gasteiger partial charge in [0.25, 0.3) is 5.91 Å². The predicted octanol–water partition coefficient (Wildman–Crippen LogP) is 8.34. The lowest BCUT2D eigenvalue weighted by Gasteiger charge is -2.24. The fourth-order valence-electron chi connectivity index (χ4n) is 3.66. The number of benzene rings is 3. The smallest absolute Gasteiger partial charge is 0.256 e. The molecule has 1 heterocycles. The van der Waals surface area contributed by atoms with E-state index in [1.165, 1.54) is 0 Å². The molecule has 0 spiro atoms. The molecule has 0 fully saturated rings. The number of hydrogen-bond donors (Lipinski definition) is 1. The Kier molecular flexibility index (Phi) is 6.66. The van der Waals surface area contributed by atoms with Gasteiger partial charge in [-0.05, 0) is 78.7 Å². The van der Waals surface area contributed by atoms with Crippen LogP contribution < -0.4 is 10.1 Å². The van der Waals surface area contributed by atoms with E-state index < -0.39 is 0 Å². The van der Waals surface area contributed by atoms with Crippen molar-refractivity contribution in [2.24, 2.45) is 0 Å². The minimum atomic E-state index is -0.148. The first-order valence-electron chi connectivity index (χ1n) is 10.2. The second kappa shape index (κ2) is 9.16. The summed E-state index contributed by atoms with van der Waals surface area (Å²) in [6.07, 6.45) is 1.93. The molecule has 3 nitrogen and oxygen atoms in total. The van der Waals surface area contributed by atoms with Crippen LogP contribution in [0.15, 0.2) is 68.0 Å². The number of hydrogen-bond acceptors (Lipinski definition) is 2. The van der Waals surface area contributed by atoms with Gasteiger partial charge in [-0.15, -0.1) is 0 Å². The van der Waals surface area contributed by atoms with E-state index in [9.17, 15) is 4.79 Å². The molecule has 0 saturated heterocycles. The maximum Gasteiger partial charge on any atom is 0.256 e. The maximum atomic E-state index is 12.7. The topological polar surface area (TPSA) is 38.3 Å². The number of nitrogens with one attached hydrogen (secondary N) is 1. The largest absolute Gasteiger partial charge is 0.487 e. The molecule has 3 aromatic carbocycles. The third-order valence-corrected chi connectivity index (χ3v) is 6.91. The van der Waals surface area contributed by atoms with Crippen molar-refractivity contribution < 1.29 is 9.53 Å². The highest BCUT2D eigenvalue weighted by Gasteiger charge is 2.27. The van der Waals surface area contributed by atoms with Gasteiger partial charge in [-0.1, -0.05) is 67.0 Å². The van der Waals surface area contributed by atoms with Gasteiger partial charge >= 0.3 is 0 Å². The fraction of sp³-hybridized carbons (Fsp3) is 0.192. The Morgan fingerprint density at radius 2 is 1.69 bits per heavy atom. The lowest BCUT2D eigenvalue weighted by molar-refractivity contribution is -0.110. The highest BCUT2D eigenvalue weighted by molar-refractivity contribution is 9.11. The molecule has 6 heteroatoms. The predicted molar refractivity (Wildman–Crippen MR) is 142 cm³/mol. The van der Waals surface area contributed by atoms with Crippen molar-refractivity contribution in [1.82, 2.24) is 0 Å². The van der Waals surface area contributed by atoms with Crippen molar-refractivity contribution in [2.45, 2.75) is 32.8 Å². The zero-order valence-corrected chi connectivity index (χ0v) is 22.7. The van der Waals surface area contributed by atoms with Crippen LogP contribution in [0.2, 0.25) is 0 Å². The normalized spacial score (nSPS) is 14.4. The van der Waals surface area contributed by atoms with E-state index in [1.54, 1.807) is 0 Å². The first kappa shape index (κ1) is 23.3. The summed E-state index contributed by atoms with van der Waals surface area (Å²) in [5, 5.41) is 2.96. The Hall–Kier alpha value is -1.89. The van der Waals surface area contributed by atoms with Crippen LogP contribution >= 0.6 is 47.8 Å². The van der Waals surface area contributed by atoms with Crippen molar-refractivity contribution in [3.05, 3.63) is 90.3 Å². The number of amides is 1. The van der Waals surface area contributed by atoms with Crippen molar-refractivity contribution >= 4 is 71.0 Å². The monoisotopic (exact) mass is 617 g/mol. The highest BCUT2D eigenvalue weighted by atomic mass is 79.9. The maximum absolute atomic E-state index is 12.7. The summed E-state index contributed by atoms with van der Waals surface area (Å²) in [5.74, 6) is 0.710. The summed E-state index contributed by atoms with van der Waals surface area (Å²) in [5.41, 5.74) is 5.26. The van der Waals surface area contributed by atoms with Gasteiger partial charge in [-0.3, -0.25) is 4.79 Å². The standard InChI is InChI=1S/C26H22Br3NO2/c1-26(2,3)20-10-16(11-22(29)24(20)32-14-15-7-5-4-6-8-15)9-19-18-12-17(27)13-21(28)23(18)30-25(19)31/h4-13H,14H2,1-3H3,(H,30,31). The Bertz CT molecular complexity index is 1230. The molecule has 1 aliphatic heterocycles. The van der Waals surface area contributed by atoms with Gasteiger partial charge in [0, 0.05) is 25.6 Å². The first-order valence-corrected chi connectivity index (χ1v) is 12.5. The summed E-state index contributed by atoms with van der Waals surface area (Å²) >= 11 is 10.8. The van der Waals surface area contributed by atoms with Crippen LogP contribution in [0.4, 0.5) is 5.69 Å². The molecule has 1 N–H and O–H groups in total. The van der Waals surface area contributed by atoms with E-state index in [0.29, 0.717) is 12.2 Å². The number of carbonyl (C=O) groups is 1. The quantitative estimate of drug-likeness (QED) is 0.298. The van der Waals surface area contributed by atoms with E-state index in [0.717, 1.165) is 47.1 Å². The summed E-state index contributed by atoms with van der Waals surface area (Å²) in [6.45, 7) is 6.97. The number of ether oxygens (including phenoxy) is 1. The number of rotatable bonds is 4. The minimum absolute atomic E-state index is 0.114. The molecule has 0 atom stereocenters. The van der Waals surface area contributed by atoms with Crippen LogP contribution in [0.25, 0.3) is 11.6 Å². The van der Waals surface area contributed by atoms with Crippen molar-refractivity contribution in [2.75, 3.05) is 5.32 Å². The Morgan fingerprint density at radius 3 is 2.38 bits per heavy atom. The van der Waals surface area contributed by atoms with E-state index in [1.807, 2.05) is 42.5 Å². The number of fused-ring (bicyclic) bond motifs is 1.